The zero-order valence-electron chi connectivity index (χ0n) is 11.3. The topological polar surface area (TPSA) is 87.5 Å². The van der Waals surface area contributed by atoms with Crippen molar-refractivity contribution >= 4 is 11.9 Å². The molecule has 2 rings (SSSR count). The summed E-state index contributed by atoms with van der Waals surface area (Å²) in [6, 6.07) is -0.819. The van der Waals surface area contributed by atoms with Gasteiger partial charge >= 0.3 is 5.97 Å². The number of hydrogen-bond acceptors (Lipinski definition) is 4. The van der Waals surface area contributed by atoms with Gasteiger partial charge in [-0.05, 0) is 13.8 Å². The quantitative estimate of drug-likeness (QED) is 0.756. The molecule has 1 amide bonds. The lowest BCUT2D eigenvalue weighted by Crippen LogP contribution is -2.57. The van der Waals surface area contributed by atoms with Crippen molar-refractivity contribution < 1.29 is 14.7 Å². The van der Waals surface area contributed by atoms with E-state index < -0.39 is 12.0 Å². The first kappa shape index (κ1) is 13.5. The standard InChI is InChI=1S/C12H18N4O3/c1-7-10(8(2)15(3)14-7)11(17)16-5-4-13-6-9(16)12(18)19/h9,13H,4-6H2,1-3H3,(H,18,19). The van der Waals surface area contributed by atoms with Gasteiger partial charge < -0.3 is 15.3 Å². The largest absolute Gasteiger partial charge is 0.480 e. The van der Waals surface area contributed by atoms with Gasteiger partial charge in [0.15, 0.2) is 0 Å². The van der Waals surface area contributed by atoms with Gasteiger partial charge in [0, 0.05) is 32.4 Å². The van der Waals surface area contributed by atoms with Crippen LogP contribution in [0.2, 0.25) is 0 Å². The summed E-state index contributed by atoms with van der Waals surface area (Å²) in [5, 5.41) is 16.4. The van der Waals surface area contributed by atoms with E-state index in [0.29, 0.717) is 24.3 Å². The Morgan fingerprint density at radius 2 is 2.11 bits per heavy atom. The summed E-state index contributed by atoms with van der Waals surface area (Å²) in [7, 11) is 1.77. The van der Waals surface area contributed by atoms with Gasteiger partial charge in [-0.15, -0.1) is 0 Å². The first-order chi connectivity index (χ1) is 8.93. The molecule has 0 spiro atoms. The van der Waals surface area contributed by atoms with Crippen LogP contribution in [0.15, 0.2) is 0 Å². The third kappa shape index (κ3) is 2.33. The first-order valence-electron chi connectivity index (χ1n) is 6.18. The molecule has 1 unspecified atom stereocenters. The Bertz CT molecular complexity index is 523. The zero-order valence-corrected chi connectivity index (χ0v) is 11.3. The Balaban J connectivity index is 2.34. The summed E-state index contributed by atoms with van der Waals surface area (Å²) in [6.45, 7) is 4.85. The fourth-order valence-corrected chi connectivity index (χ4v) is 2.39. The van der Waals surface area contributed by atoms with Gasteiger partial charge in [0.05, 0.1) is 11.3 Å². The lowest BCUT2D eigenvalue weighted by Gasteiger charge is -2.33. The number of aryl methyl sites for hydroxylation is 2. The number of nitrogens with one attached hydrogen (secondary N) is 1. The maximum Gasteiger partial charge on any atom is 0.327 e. The van der Waals surface area contributed by atoms with Crippen molar-refractivity contribution in [1.82, 2.24) is 20.0 Å². The molecule has 0 saturated carbocycles. The van der Waals surface area contributed by atoms with Crippen molar-refractivity contribution in [1.29, 1.82) is 0 Å². The number of carboxylic acids is 1. The Morgan fingerprint density at radius 3 is 2.63 bits per heavy atom. The number of piperazine rings is 1. The van der Waals surface area contributed by atoms with Gasteiger partial charge in [-0.25, -0.2) is 4.79 Å². The summed E-state index contributed by atoms with van der Waals surface area (Å²) < 4.78 is 1.64. The van der Waals surface area contributed by atoms with E-state index in [1.54, 1.807) is 18.7 Å². The number of rotatable bonds is 2. The van der Waals surface area contributed by atoms with Crippen molar-refractivity contribution in [3.05, 3.63) is 17.0 Å². The zero-order chi connectivity index (χ0) is 14.2. The number of nitrogens with zero attached hydrogens (tertiary/aromatic N) is 3. The summed E-state index contributed by atoms with van der Waals surface area (Å²) >= 11 is 0. The van der Waals surface area contributed by atoms with E-state index in [9.17, 15) is 14.7 Å². The number of aliphatic carboxylic acids is 1. The van der Waals surface area contributed by atoms with Crippen molar-refractivity contribution in [2.45, 2.75) is 19.9 Å². The molecule has 1 saturated heterocycles. The molecule has 1 aliphatic rings. The molecule has 2 N–H and O–H groups in total. The normalized spacial score (nSPS) is 19.5. The molecule has 19 heavy (non-hydrogen) atoms. The molecule has 1 aromatic rings. The molecule has 1 fully saturated rings. The molecule has 1 aromatic heterocycles. The minimum absolute atomic E-state index is 0.253. The summed E-state index contributed by atoms with van der Waals surface area (Å²) in [6.07, 6.45) is 0. The van der Waals surface area contributed by atoms with E-state index in [0.717, 1.165) is 5.69 Å². The molecule has 104 valence electrons. The van der Waals surface area contributed by atoms with Crippen LogP contribution in [0.5, 0.6) is 0 Å². The number of hydrogen-bond donors (Lipinski definition) is 2. The molecule has 0 aliphatic carbocycles. The monoisotopic (exact) mass is 266 g/mol. The van der Waals surface area contributed by atoms with Crippen LogP contribution in [0.1, 0.15) is 21.7 Å². The lowest BCUT2D eigenvalue weighted by atomic mass is 10.1. The molecule has 7 nitrogen and oxygen atoms in total. The van der Waals surface area contributed by atoms with Crippen molar-refractivity contribution in [3.63, 3.8) is 0 Å². The molecular weight excluding hydrogens is 248 g/mol. The third-order valence-electron chi connectivity index (χ3n) is 3.51. The number of carboxylic acid groups (broad SMARTS) is 1. The van der Waals surface area contributed by atoms with Crippen molar-refractivity contribution in [2.75, 3.05) is 19.6 Å². The predicted molar refractivity (Wildman–Crippen MR) is 68.0 cm³/mol. The second-order valence-corrected chi connectivity index (χ2v) is 4.73. The molecule has 0 bridgehead atoms. The summed E-state index contributed by atoms with van der Waals surface area (Å²) in [5.41, 5.74) is 1.90. The van der Waals surface area contributed by atoms with Crippen LogP contribution < -0.4 is 5.32 Å². The molecule has 7 heteroatoms. The predicted octanol–water partition coefficient (Wildman–Crippen LogP) is -0.464. The van der Waals surface area contributed by atoms with Crippen LogP contribution in [0.4, 0.5) is 0 Å². The highest BCUT2D eigenvalue weighted by Crippen LogP contribution is 2.17. The van der Waals surface area contributed by atoms with Gasteiger partial charge in [-0.1, -0.05) is 0 Å². The maximum atomic E-state index is 12.6. The van der Waals surface area contributed by atoms with Gasteiger partial charge in [0.2, 0.25) is 0 Å². The van der Waals surface area contributed by atoms with Crippen molar-refractivity contribution in [2.24, 2.45) is 7.05 Å². The highest BCUT2D eigenvalue weighted by molar-refractivity contribution is 5.98. The number of amides is 1. The van der Waals surface area contributed by atoms with E-state index in [1.165, 1.54) is 4.90 Å². The maximum absolute atomic E-state index is 12.6. The molecule has 0 radical (unpaired) electrons. The fraction of sp³-hybridized carbons (Fsp3) is 0.583. The molecule has 1 atom stereocenters. The Labute approximate surface area is 111 Å². The van der Waals surface area contributed by atoms with Crippen molar-refractivity contribution in [3.8, 4) is 0 Å². The van der Waals surface area contributed by atoms with Crippen LogP contribution in [0.3, 0.4) is 0 Å². The molecular formula is C12H18N4O3. The van der Waals surface area contributed by atoms with Crippen LogP contribution in [0.25, 0.3) is 0 Å². The van der Waals surface area contributed by atoms with Crippen LogP contribution >= 0.6 is 0 Å². The second-order valence-electron chi connectivity index (χ2n) is 4.73. The third-order valence-corrected chi connectivity index (χ3v) is 3.51. The van der Waals surface area contributed by atoms with E-state index >= 15 is 0 Å². The Morgan fingerprint density at radius 1 is 1.42 bits per heavy atom. The summed E-state index contributed by atoms with van der Waals surface area (Å²) in [5.74, 6) is -1.24. The molecule has 0 aromatic carbocycles. The Kier molecular flexibility index (Phi) is 3.57. The van der Waals surface area contributed by atoms with Gasteiger partial charge in [0.1, 0.15) is 6.04 Å². The minimum atomic E-state index is -0.986. The van der Waals surface area contributed by atoms with Gasteiger partial charge in [-0.3, -0.25) is 9.48 Å². The highest BCUT2D eigenvalue weighted by Gasteiger charge is 2.34. The number of carbonyl (C=O) groups excluding carboxylic acids is 1. The number of aromatic nitrogens is 2. The average Bonchev–Trinajstić information content (AvgIpc) is 2.62. The average molecular weight is 266 g/mol. The van der Waals surface area contributed by atoms with E-state index in [4.69, 9.17) is 0 Å². The minimum Gasteiger partial charge on any atom is -0.480 e. The van der Waals surface area contributed by atoms with E-state index in [1.807, 2.05) is 6.92 Å². The van der Waals surface area contributed by atoms with E-state index in [2.05, 4.69) is 10.4 Å². The van der Waals surface area contributed by atoms with Gasteiger partial charge in [0.25, 0.3) is 5.91 Å². The van der Waals surface area contributed by atoms with Crippen LogP contribution in [-0.2, 0) is 11.8 Å². The van der Waals surface area contributed by atoms with E-state index in [-0.39, 0.29) is 12.5 Å². The molecule has 1 aliphatic heterocycles. The smallest absolute Gasteiger partial charge is 0.327 e. The van der Waals surface area contributed by atoms with Crippen LogP contribution in [0, 0.1) is 13.8 Å². The first-order valence-corrected chi connectivity index (χ1v) is 6.18. The summed E-state index contributed by atoms with van der Waals surface area (Å²) in [4.78, 5) is 25.2. The van der Waals surface area contributed by atoms with Gasteiger partial charge in [-0.2, -0.15) is 5.10 Å². The number of carbonyl (C=O) groups is 2. The Hall–Kier alpha value is -1.89. The fourth-order valence-electron chi connectivity index (χ4n) is 2.39. The highest BCUT2D eigenvalue weighted by atomic mass is 16.4. The van der Waals surface area contributed by atoms with Crippen LogP contribution in [-0.4, -0.2) is 57.3 Å². The SMILES string of the molecule is Cc1nn(C)c(C)c1C(=O)N1CCNCC1C(=O)O. The second kappa shape index (κ2) is 5.00. The molecule has 2 heterocycles. The lowest BCUT2D eigenvalue weighted by molar-refractivity contribution is -0.142.